The average molecular weight is 311 g/mol. The maximum Gasteiger partial charge on any atom is 0.308 e. The number of hydrogen-bond donors (Lipinski definition) is 1. The highest BCUT2D eigenvalue weighted by Gasteiger charge is 2.36. The number of piperazine rings is 1. The molecule has 7 nitrogen and oxygen atoms in total. The van der Waals surface area contributed by atoms with Crippen LogP contribution in [0.5, 0.6) is 0 Å². The number of nitrogens with one attached hydrogen (secondary N) is 1. The van der Waals surface area contributed by atoms with Crippen LogP contribution in [-0.4, -0.2) is 53.9 Å². The van der Waals surface area contributed by atoms with E-state index in [9.17, 15) is 14.4 Å². The summed E-state index contributed by atoms with van der Waals surface area (Å²) in [6.45, 7) is 4.32. The molecule has 1 atom stereocenters. The SMILES string of the molecule is COC(=O)CC1C(=O)NCCN1C(=O)c1sc(C)nc1C. The highest BCUT2D eigenvalue weighted by atomic mass is 32.1. The van der Waals surface area contributed by atoms with Crippen LogP contribution in [0.2, 0.25) is 0 Å². The molecule has 1 aliphatic rings. The Balaban J connectivity index is 2.25. The van der Waals surface area contributed by atoms with Gasteiger partial charge in [-0.15, -0.1) is 11.3 Å². The van der Waals surface area contributed by atoms with Gasteiger partial charge in [-0.3, -0.25) is 14.4 Å². The molecule has 1 aromatic heterocycles. The zero-order valence-corrected chi connectivity index (χ0v) is 13.0. The predicted octanol–water partition coefficient (Wildman–Crippen LogP) is 0.264. The lowest BCUT2D eigenvalue weighted by atomic mass is 10.1. The molecule has 1 aliphatic heterocycles. The lowest BCUT2D eigenvalue weighted by Crippen LogP contribution is -2.57. The highest BCUT2D eigenvalue weighted by Crippen LogP contribution is 2.22. The van der Waals surface area contributed by atoms with Gasteiger partial charge in [0, 0.05) is 13.1 Å². The van der Waals surface area contributed by atoms with Crippen LogP contribution in [0.1, 0.15) is 26.8 Å². The van der Waals surface area contributed by atoms with Gasteiger partial charge in [-0.05, 0) is 13.8 Å². The molecule has 114 valence electrons. The number of aryl methyl sites for hydroxylation is 2. The van der Waals surface area contributed by atoms with Gasteiger partial charge in [-0.25, -0.2) is 4.98 Å². The van der Waals surface area contributed by atoms with Crippen molar-refractivity contribution >= 4 is 29.1 Å². The highest BCUT2D eigenvalue weighted by molar-refractivity contribution is 7.13. The summed E-state index contributed by atoms with van der Waals surface area (Å²) in [5, 5.41) is 3.46. The second kappa shape index (κ2) is 6.21. The molecule has 0 aliphatic carbocycles. The van der Waals surface area contributed by atoms with Crippen molar-refractivity contribution in [2.24, 2.45) is 0 Å². The number of ether oxygens (including phenoxy) is 1. The maximum atomic E-state index is 12.6. The van der Waals surface area contributed by atoms with Crippen molar-refractivity contribution in [3.05, 3.63) is 15.6 Å². The van der Waals surface area contributed by atoms with Gasteiger partial charge in [-0.2, -0.15) is 0 Å². The Morgan fingerprint density at radius 3 is 2.76 bits per heavy atom. The molecule has 1 aromatic rings. The third-order valence-corrected chi connectivity index (χ3v) is 4.34. The van der Waals surface area contributed by atoms with Crippen LogP contribution in [0, 0.1) is 13.8 Å². The summed E-state index contributed by atoms with van der Waals surface area (Å²) in [6.07, 6.45) is -0.148. The Hall–Kier alpha value is -1.96. The summed E-state index contributed by atoms with van der Waals surface area (Å²) in [4.78, 5) is 42.2. The van der Waals surface area contributed by atoms with Crippen LogP contribution in [0.25, 0.3) is 0 Å². The molecular formula is C13H17N3O4S. The normalized spacial score (nSPS) is 18.3. The minimum absolute atomic E-state index is 0.148. The molecule has 0 radical (unpaired) electrons. The number of amides is 2. The molecule has 2 rings (SSSR count). The molecule has 1 saturated heterocycles. The van der Waals surface area contributed by atoms with E-state index in [-0.39, 0.29) is 18.2 Å². The fourth-order valence-corrected chi connectivity index (χ4v) is 3.14. The molecule has 2 heterocycles. The zero-order valence-electron chi connectivity index (χ0n) is 12.1. The third-order valence-electron chi connectivity index (χ3n) is 3.28. The van der Waals surface area contributed by atoms with Gasteiger partial charge in [-0.1, -0.05) is 0 Å². The lowest BCUT2D eigenvalue weighted by Gasteiger charge is -2.34. The summed E-state index contributed by atoms with van der Waals surface area (Å²) < 4.78 is 4.60. The van der Waals surface area contributed by atoms with Gasteiger partial charge in [0.1, 0.15) is 10.9 Å². The minimum atomic E-state index is -0.833. The fourth-order valence-electron chi connectivity index (χ4n) is 2.26. The van der Waals surface area contributed by atoms with Crippen molar-refractivity contribution in [3.8, 4) is 0 Å². The number of carbonyl (C=O) groups excluding carboxylic acids is 3. The first kappa shape index (κ1) is 15.4. The van der Waals surface area contributed by atoms with E-state index in [1.54, 1.807) is 6.92 Å². The standard InChI is InChI=1S/C13H17N3O4S/c1-7-11(21-8(2)15-7)13(19)16-5-4-14-12(18)9(16)6-10(17)20-3/h9H,4-6H2,1-3H3,(H,14,18). The Kier molecular flexibility index (Phi) is 4.56. The monoisotopic (exact) mass is 311 g/mol. The number of rotatable bonds is 3. The molecule has 8 heteroatoms. The quantitative estimate of drug-likeness (QED) is 0.809. The summed E-state index contributed by atoms with van der Waals surface area (Å²) in [6, 6.07) is -0.833. The topological polar surface area (TPSA) is 88.6 Å². The number of hydrogen-bond acceptors (Lipinski definition) is 6. The number of carbonyl (C=O) groups is 3. The minimum Gasteiger partial charge on any atom is -0.469 e. The summed E-state index contributed by atoms with van der Waals surface area (Å²) in [7, 11) is 1.26. The maximum absolute atomic E-state index is 12.6. The van der Waals surface area contributed by atoms with E-state index in [4.69, 9.17) is 0 Å². The van der Waals surface area contributed by atoms with Crippen molar-refractivity contribution in [1.29, 1.82) is 0 Å². The summed E-state index contributed by atoms with van der Waals surface area (Å²) >= 11 is 1.29. The molecule has 1 unspecified atom stereocenters. The first-order valence-corrected chi connectivity index (χ1v) is 7.35. The number of esters is 1. The van der Waals surface area contributed by atoms with Crippen molar-refractivity contribution in [2.45, 2.75) is 26.3 Å². The Morgan fingerprint density at radius 2 is 2.19 bits per heavy atom. The first-order chi connectivity index (χ1) is 9.93. The first-order valence-electron chi connectivity index (χ1n) is 6.53. The van der Waals surface area contributed by atoms with Gasteiger partial charge in [0.15, 0.2) is 0 Å². The molecule has 21 heavy (non-hydrogen) atoms. The zero-order chi connectivity index (χ0) is 15.6. The van der Waals surface area contributed by atoms with Gasteiger partial charge in [0.25, 0.3) is 5.91 Å². The second-order valence-corrected chi connectivity index (χ2v) is 5.94. The van der Waals surface area contributed by atoms with Gasteiger partial charge < -0.3 is 15.0 Å². The molecule has 0 spiro atoms. The summed E-state index contributed by atoms with van der Waals surface area (Å²) in [5.74, 6) is -1.12. The van der Waals surface area contributed by atoms with Gasteiger partial charge in [0.05, 0.1) is 24.2 Å². The van der Waals surface area contributed by atoms with Crippen molar-refractivity contribution in [2.75, 3.05) is 20.2 Å². The lowest BCUT2D eigenvalue weighted by molar-refractivity contribution is -0.145. The van der Waals surface area contributed by atoms with Crippen molar-refractivity contribution in [1.82, 2.24) is 15.2 Å². The number of thiazole rings is 1. The van der Waals surface area contributed by atoms with E-state index in [0.29, 0.717) is 23.7 Å². The van der Waals surface area contributed by atoms with E-state index < -0.39 is 12.0 Å². The van der Waals surface area contributed by atoms with E-state index in [0.717, 1.165) is 5.01 Å². The van der Waals surface area contributed by atoms with E-state index in [2.05, 4.69) is 15.0 Å². The Labute approximate surface area is 126 Å². The van der Waals surface area contributed by atoms with Crippen molar-refractivity contribution in [3.63, 3.8) is 0 Å². The molecule has 0 saturated carbocycles. The van der Waals surface area contributed by atoms with Crippen LogP contribution >= 0.6 is 11.3 Å². The van der Waals surface area contributed by atoms with Gasteiger partial charge in [0.2, 0.25) is 5.91 Å². The Morgan fingerprint density at radius 1 is 1.48 bits per heavy atom. The van der Waals surface area contributed by atoms with Crippen LogP contribution in [0.15, 0.2) is 0 Å². The van der Waals surface area contributed by atoms with Crippen LogP contribution in [0.3, 0.4) is 0 Å². The van der Waals surface area contributed by atoms with Crippen LogP contribution in [-0.2, 0) is 14.3 Å². The molecule has 0 aromatic carbocycles. The fraction of sp³-hybridized carbons (Fsp3) is 0.538. The third kappa shape index (κ3) is 3.21. The molecule has 0 bridgehead atoms. The van der Waals surface area contributed by atoms with Crippen molar-refractivity contribution < 1.29 is 19.1 Å². The van der Waals surface area contributed by atoms with Crippen LogP contribution in [0.4, 0.5) is 0 Å². The average Bonchev–Trinajstić information content (AvgIpc) is 2.79. The summed E-state index contributed by atoms with van der Waals surface area (Å²) in [5.41, 5.74) is 0.644. The molecule has 2 amide bonds. The van der Waals surface area contributed by atoms with Crippen LogP contribution < -0.4 is 5.32 Å². The van der Waals surface area contributed by atoms with E-state index >= 15 is 0 Å². The van der Waals surface area contributed by atoms with E-state index in [1.807, 2.05) is 6.92 Å². The number of methoxy groups -OCH3 is 1. The molecule has 1 fully saturated rings. The Bertz CT molecular complexity index is 584. The number of aromatic nitrogens is 1. The predicted molar refractivity (Wildman–Crippen MR) is 76.1 cm³/mol. The molecule has 1 N–H and O–H groups in total. The smallest absolute Gasteiger partial charge is 0.308 e. The second-order valence-electron chi connectivity index (χ2n) is 4.73. The largest absolute Gasteiger partial charge is 0.469 e. The van der Waals surface area contributed by atoms with E-state index in [1.165, 1.54) is 23.3 Å². The molecular weight excluding hydrogens is 294 g/mol. The number of nitrogens with zero attached hydrogens (tertiary/aromatic N) is 2. The van der Waals surface area contributed by atoms with Gasteiger partial charge >= 0.3 is 5.97 Å².